The van der Waals surface area contributed by atoms with E-state index in [1.165, 1.54) is 0 Å². The van der Waals surface area contributed by atoms with Crippen molar-refractivity contribution in [1.82, 2.24) is 14.7 Å². The number of amides is 1. The molecule has 0 N–H and O–H groups in total. The van der Waals surface area contributed by atoms with Crippen molar-refractivity contribution in [1.29, 1.82) is 0 Å². The number of hydrogen-bond acceptors (Lipinski definition) is 3. The average molecular weight is 263 g/mol. The molecule has 2 fully saturated rings. The minimum Gasteiger partial charge on any atom is -0.378 e. The molecule has 104 valence electrons. The van der Waals surface area contributed by atoms with Crippen molar-refractivity contribution < 1.29 is 9.53 Å². The molecule has 2 saturated heterocycles. The van der Waals surface area contributed by atoms with Crippen molar-refractivity contribution in [3.05, 3.63) is 18.0 Å². The SMILES string of the molecule is Cn1cc([C@H]2CCCN2C(=O)C[C@H]2CCCO2)cn1. The molecular weight excluding hydrogens is 242 g/mol. The summed E-state index contributed by atoms with van der Waals surface area (Å²) in [6.45, 7) is 1.68. The zero-order valence-electron chi connectivity index (χ0n) is 11.4. The molecule has 1 amide bonds. The Morgan fingerprint density at radius 2 is 2.37 bits per heavy atom. The Morgan fingerprint density at radius 1 is 1.47 bits per heavy atom. The van der Waals surface area contributed by atoms with Crippen LogP contribution < -0.4 is 0 Å². The quantitative estimate of drug-likeness (QED) is 0.833. The number of aromatic nitrogens is 2. The minimum absolute atomic E-state index is 0.141. The molecule has 3 rings (SSSR count). The number of likely N-dealkylation sites (tertiary alicyclic amines) is 1. The van der Waals surface area contributed by atoms with Gasteiger partial charge in [-0.3, -0.25) is 9.48 Å². The lowest BCUT2D eigenvalue weighted by molar-refractivity contribution is -0.134. The van der Waals surface area contributed by atoms with E-state index in [1.54, 1.807) is 4.68 Å². The van der Waals surface area contributed by atoms with Crippen LogP contribution in [0.4, 0.5) is 0 Å². The Kier molecular flexibility index (Phi) is 3.55. The molecule has 1 aromatic heterocycles. The number of carbonyl (C=O) groups excluding carboxylic acids is 1. The van der Waals surface area contributed by atoms with E-state index in [0.717, 1.165) is 44.4 Å². The molecule has 19 heavy (non-hydrogen) atoms. The van der Waals surface area contributed by atoms with E-state index >= 15 is 0 Å². The first-order valence-electron chi connectivity index (χ1n) is 7.13. The summed E-state index contributed by atoms with van der Waals surface area (Å²) in [6.07, 6.45) is 8.81. The highest BCUT2D eigenvalue weighted by molar-refractivity contribution is 5.77. The Labute approximate surface area is 113 Å². The second kappa shape index (κ2) is 5.33. The zero-order valence-corrected chi connectivity index (χ0v) is 11.4. The topological polar surface area (TPSA) is 47.4 Å². The number of ether oxygens (including phenoxy) is 1. The summed E-state index contributed by atoms with van der Waals surface area (Å²) in [5, 5.41) is 4.21. The number of rotatable bonds is 3. The van der Waals surface area contributed by atoms with Gasteiger partial charge in [0.1, 0.15) is 0 Å². The maximum Gasteiger partial charge on any atom is 0.225 e. The summed E-state index contributed by atoms with van der Waals surface area (Å²) >= 11 is 0. The van der Waals surface area contributed by atoms with Crippen molar-refractivity contribution in [2.75, 3.05) is 13.2 Å². The smallest absolute Gasteiger partial charge is 0.225 e. The fraction of sp³-hybridized carbons (Fsp3) is 0.714. The zero-order chi connectivity index (χ0) is 13.2. The van der Waals surface area contributed by atoms with Crippen LogP contribution in [0.2, 0.25) is 0 Å². The maximum atomic E-state index is 12.4. The molecule has 2 aliphatic rings. The van der Waals surface area contributed by atoms with Crippen LogP contribution in [0.3, 0.4) is 0 Å². The molecule has 0 unspecified atom stereocenters. The van der Waals surface area contributed by atoms with Crippen molar-refractivity contribution in [3.63, 3.8) is 0 Å². The van der Waals surface area contributed by atoms with Gasteiger partial charge in [0.05, 0.1) is 24.8 Å². The third kappa shape index (κ3) is 2.66. The summed E-state index contributed by atoms with van der Waals surface area (Å²) in [7, 11) is 1.91. The van der Waals surface area contributed by atoms with Crippen LogP contribution in [0.5, 0.6) is 0 Å². The largest absolute Gasteiger partial charge is 0.378 e. The fourth-order valence-corrected chi connectivity index (χ4v) is 3.14. The van der Waals surface area contributed by atoms with Crippen molar-refractivity contribution >= 4 is 5.91 Å². The van der Waals surface area contributed by atoms with E-state index in [9.17, 15) is 4.79 Å². The van der Waals surface area contributed by atoms with Gasteiger partial charge in [-0.15, -0.1) is 0 Å². The van der Waals surface area contributed by atoms with Crippen LogP contribution in [-0.2, 0) is 16.6 Å². The van der Waals surface area contributed by atoms with E-state index < -0.39 is 0 Å². The van der Waals surface area contributed by atoms with Crippen LogP contribution >= 0.6 is 0 Å². The molecule has 2 aliphatic heterocycles. The normalized spacial score (nSPS) is 27.1. The first kappa shape index (κ1) is 12.7. The predicted molar refractivity (Wildman–Crippen MR) is 70.5 cm³/mol. The lowest BCUT2D eigenvalue weighted by Gasteiger charge is -2.25. The van der Waals surface area contributed by atoms with Gasteiger partial charge >= 0.3 is 0 Å². The number of nitrogens with zero attached hydrogens (tertiary/aromatic N) is 3. The second-order valence-corrected chi connectivity index (χ2v) is 5.53. The molecule has 0 radical (unpaired) electrons. The predicted octanol–water partition coefficient (Wildman–Crippen LogP) is 1.65. The van der Waals surface area contributed by atoms with Crippen LogP contribution in [0.15, 0.2) is 12.4 Å². The molecule has 5 heteroatoms. The lowest BCUT2D eigenvalue weighted by Crippen LogP contribution is -2.32. The van der Waals surface area contributed by atoms with Gasteiger partial charge in [0.15, 0.2) is 0 Å². The van der Waals surface area contributed by atoms with E-state index in [1.807, 2.05) is 24.3 Å². The van der Waals surface area contributed by atoms with Gasteiger partial charge < -0.3 is 9.64 Å². The Balaban J connectivity index is 1.66. The molecule has 3 heterocycles. The first-order chi connectivity index (χ1) is 9.24. The third-order valence-electron chi connectivity index (χ3n) is 4.11. The van der Waals surface area contributed by atoms with Gasteiger partial charge in [-0.25, -0.2) is 0 Å². The molecule has 0 saturated carbocycles. The Bertz CT molecular complexity index is 451. The summed E-state index contributed by atoms with van der Waals surface area (Å²) in [5.41, 5.74) is 1.15. The van der Waals surface area contributed by atoms with Gasteiger partial charge in [-0.2, -0.15) is 5.10 Å². The minimum atomic E-state index is 0.141. The summed E-state index contributed by atoms with van der Waals surface area (Å²) < 4.78 is 7.37. The number of hydrogen-bond donors (Lipinski definition) is 0. The molecule has 0 spiro atoms. The van der Waals surface area contributed by atoms with E-state index in [0.29, 0.717) is 6.42 Å². The van der Waals surface area contributed by atoms with E-state index in [-0.39, 0.29) is 18.1 Å². The molecule has 1 aromatic rings. The average Bonchev–Trinajstić information content (AvgIpc) is 3.07. The van der Waals surface area contributed by atoms with Gasteiger partial charge in [0, 0.05) is 32.0 Å². The highest BCUT2D eigenvalue weighted by atomic mass is 16.5. The van der Waals surface area contributed by atoms with Crippen LogP contribution in [0.25, 0.3) is 0 Å². The highest BCUT2D eigenvalue weighted by Crippen LogP contribution is 2.32. The molecule has 0 aromatic carbocycles. The van der Waals surface area contributed by atoms with Crippen LogP contribution in [0, 0.1) is 0 Å². The lowest BCUT2D eigenvalue weighted by atomic mass is 10.1. The van der Waals surface area contributed by atoms with Crippen molar-refractivity contribution in [2.24, 2.45) is 7.05 Å². The number of carbonyl (C=O) groups is 1. The molecule has 5 nitrogen and oxygen atoms in total. The van der Waals surface area contributed by atoms with Gasteiger partial charge in [-0.05, 0) is 25.7 Å². The second-order valence-electron chi connectivity index (χ2n) is 5.53. The standard InChI is InChI=1S/C14H21N3O2/c1-16-10-11(9-15-16)13-5-2-6-17(13)14(18)8-12-4-3-7-19-12/h9-10,12-13H,2-8H2,1H3/t12-,13-/m1/s1. The molecule has 2 atom stereocenters. The fourth-order valence-electron chi connectivity index (χ4n) is 3.14. The molecule has 0 aliphatic carbocycles. The monoisotopic (exact) mass is 263 g/mol. The summed E-state index contributed by atoms with van der Waals surface area (Å²) in [6, 6.07) is 0.211. The Hall–Kier alpha value is -1.36. The summed E-state index contributed by atoms with van der Waals surface area (Å²) in [5.74, 6) is 0.234. The van der Waals surface area contributed by atoms with Crippen molar-refractivity contribution in [3.8, 4) is 0 Å². The van der Waals surface area contributed by atoms with Gasteiger partial charge in [0.25, 0.3) is 0 Å². The van der Waals surface area contributed by atoms with Gasteiger partial charge in [-0.1, -0.05) is 0 Å². The molecular formula is C14H21N3O2. The van der Waals surface area contributed by atoms with E-state index in [2.05, 4.69) is 5.10 Å². The highest BCUT2D eigenvalue weighted by Gasteiger charge is 2.32. The van der Waals surface area contributed by atoms with E-state index in [4.69, 9.17) is 4.74 Å². The third-order valence-corrected chi connectivity index (χ3v) is 4.11. The number of aryl methyl sites for hydroxylation is 1. The van der Waals surface area contributed by atoms with Gasteiger partial charge in [0.2, 0.25) is 5.91 Å². The van der Waals surface area contributed by atoms with Crippen LogP contribution in [-0.4, -0.2) is 39.8 Å². The van der Waals surface area contributed by atoms with Crippen molar-refractivity contribution in [2.45, 2.75) is 44.2 Å². The maximum absolute atomic E-state index is 12.4. The summed E-state index contributed by atoms with van der Waals surface area (Å²) in [4.78, 5) is 14.4. The first-order valence-corrected chi connectivity index (χ1v) is 7.13. The molecule has 0 bridgehead atoms. The van der Waals surface area contributed by atoms with Crippen LogP contribution in [0.1, 0.15) is 43.7 Å². The Morgan fingerprint density at radius 3 is 3.05 bits per heavy atom.